The van der Waals surface area contributed by atoms with Gasteiger partial charge in [-0.1, -0.05) is 13.8 Å². The molecule has 0 bridgehead atoms. The first-order valence-electron chi connectivity index (χ1n) is 10.8. The van der Waals surface area contributed by atoms with Crippen LogP contribution in [0.4, 0.5) is 22.3 Å². The van der Waals surface area contributed by atoms with Gasteiger partial charge in [0.2, 0.25) is 0 Å². The van der Waals surface area contributed by atoms with E-state index < -0.39 is 0 Å². The van der Waals surface area contributed by atoms with Crippen LogP contribution in [0, 0.1) is 0 Å². The number of nitrogens with one attached hydrogen (secondary N) is 1. The van der Waals surface area contributed by atoms with Crippen LogP contribution in [0.15, 0.2) is 30.3 Å². The summed E-state index contributed by atoms with van der Waals surface area (Å²) in [5.74, 6) is 1.57. The molecular formula is C23H29Cl3N6O2S. The van der Waals surface area contributed by atoms with Gasteiger partial charge in [0.05, 0.1) is 17.1 Å². The Morgan fingerprint density at radius 1 is 1.11 bits per heavy atom. The van der Waals surface area contributed by atoms with Crippen molar-refractivity contribution in [3.05, 3.63) is 51.9 Å². The molecule has 0 spiro atoms. The molecule has 0 atom stereocenters. The minimum atomic E-state index is -0.245. The predicted molar refractivity (Wildman–Crippen MR) is 149 cm³/mol. The zero-order valence-electron chi connectivity index (χ0n) is 19.6. The van der Waals surface area contributed by atoms with Crippen LogP contribution in [-0.2, 0) is 13.0 Å². The van der Waals surface area contributed by atoms with Crippen LogP contribution < -0.4 is 16.0 Å². The van der Waals surface area contributed by atoms with Crippen molar-refractivity contribution in [2.45, 2.75) is 32.7 Å². The molecule has 0 saturated heterocycles. The zero-order chi connectivity index (χ0) is 22.6. The second-order valence-electron chi connectivity index (χ2n) is 8.62. The molecule has 5 rings (SSSR count). The van der Waals surface area contributed by atoms with E-state index >= 15 is 0 Å². The van der Waals surface area contributed by atoms with Gasteiger partial charge in [0.1, 0.15) is 5.82 Å². The molecule has 0 saturated carbocycles. The second-order valence-corrected chi connectivity index (χ2v) is 9.73. The van der Waals surface area contributed by atoms with E-state index in [0.29, 0.717) is 22.3 Å². The number of thiophene rings is 1. The highest BCUT2D eigenvalue weighted by atomic mass is 35.5. The first-order valence-corrected chi connectivity index (χ1v) is 11.6. The fourth-order valence-corrected chi connectivity index (χ4v) is 5.18. The van der Waals surface area contributed by atoms with Crippen molar-refractivity contribution < 1.29 is 9.59 Å². The minimum Gasteiger partial charge on any atom is -0.390 e. The van der Waals surface area contributed by atoms with Crippen LogP contribution in [0.3, 0.4) is 0 Å². The number of anilines is 4. The minimum absolute atomic E-state index is 0. The molecule has 3 aromatic rings. The van der Waals surface area contributed by atoms with Gasteiger partial charge in [0, 0.05) is 42.3 Å². The summed E-state index contributed by atoms with van der Waals surface area (Å²) in [4.78, 5) is 30.2. The van der Waals surface area contributed by atoms with E-state index in [4.69, 9.17) is 5.73 Å². The third kappa shape index (κ3) is 5.23. The number of nitrogens with two attached hydrogens (primary N) is 1. The Hall–Kier alpha value is -2.46. The van der Waals surface area contributed by atoms with Crippen molar-refractivity contribution >= 4 is 82.7 Å². The maximum Gasteiger partial charge on any atom is 0.259 e. The molecule has 8 nitrogen and oxygen atoms in total. The van der Waals surface area contributed by atoms with Crippen LogP contribution in [0.1, 0.15) is 50.9 Å². The third-order valence-corrected chi connectivity index (χ3v) is 7.36. The number of fused-ring (bicyclic) bond motifs is 2. The highest BCUT2D eigenvalue weighted by Crippen LogP contribution is 2.35. The molecule has 2 aromatic heterocycles. The first kappa shape index (κ1) is 28.8. The highest BCUT2D eigenvalue weighted by Gasteiger charge is 2.27. The molecule has 35 heavy (non-hydrogen) atoms. The van der Waals surface area contributed by atoms with Crippen LogP contribution in [0.5, 0.6) is 0 Å². The number of nitrogen functional groups attached to an aromatic ring is 1. The highest BCUT2D eigenvalue weighted by molar-refractivity contribution is 7.16. The Labute approximate surface area is 227 Å². The molecule has 0 aliphatic carbocycles. The third-order valence-electron chi connectivity index (χ3n) is 6.10. The fourth-order valence-electron chi connectivity index (χ4n) is 4.25. The van der Waals surface area contributed by atoms with Crippen molar-refractivity contribution in [3.8, 4) is 0 Å². The largest absolute Gasteiger partial charge is 0.390 e. The molecular weight excluding hydrogens is 531 g/mol. The molecule has 12 heteroatoms. The summed E-state index contributed by atoms with van der Waals surface area (Å²) < 4.78 is 1.89. The van der Waals surface area contributed by atoms with E-state index in [1.807, 2.05) is 36.0 Å². The van der Waals surface area contributed by atoms with Gasteiger partial charge in [-0.05, 0) is 42.2 Å². The standard InChI is InChI=1S/C23H26N6O2S.3ClH/c1-13(2)18-11-17(21(24)32-18)22(30)25-19-12-20-28(8-9-29(20)26-19)15-4-5-16-14(10-15)6-7-27(3)23(16)31;;;/h4-5,10-13H,6-9,24H2,1-3H3,(H,25,26,30);3*1H. The van der Waals surface area contributed by atoms with E-state index in [2.05, 4.69) is 35.2 Å². The average molecular weight is 560 g/mol. The van der Waals surface area contributed by atoms with E-state index in [1.165, 1.54) is 11.3 Å². The number of aromatic nitrogens is 2. The summed E-state index contributed by atoms with van der Waals surface area (Å²) in [6.07, 6.45) is 0.847. The van der Waals surface area contributed by atoms with Crippen molar-refractivity contribution in [1.29, 1.82) is 0 Å². The van der Waals surface area contributed by atoms with Gasteiger partial charge < -0.3 is 20.9 Å². The van der Waals surface area contributed by atoms with Crippen LogP contribution >= 0.6 is 48.6 Å². The molecule has 0 unspecified atom stereocenters. The van der Waals surface area contributed by atoms with E-state index in [-0.39, 0.29) is 49.0 Å². The van der Waals surface area contributed by atoms with Gasteiger partial charge in [-0.25, -0.2) is 4.68 Å². The van der Waals surface area contributed by atoms with Gasteiger partial charge in [-0.15, -0.1) is 48.6 Å². The van der Waals surface area contributed by atoms with E-state index in [0.717, 1.165) is 53.6 Å². The number of rotatable bonds is 4. The van der Waals surface area contributed by atoms with E-state index in [9.17, 15) is 9.59 Å². The molecule has 0 fully saturated rings. The Morgan fingerprint density at radius 3 is 2.54 bits per heavy atom. The number of amides is 2. The number of halogens is 3. The van der Waals surface area contributed by atoms with Crippen LogP contribution in [0.2, 0.25) is 0 Å². The summed E-state index contributed by atoms with van der Waals surface area (Å²) in [5, 5.41) is 7.97. The Kier molecular flexibility index (Phi) is 9.10. The van der Waals surface area contributed by atoms with Gasteiger partial charge in [0.25, 0.3) is 11.8 Å². The smallest absolute Gasteiger partial charge is 0.259 e. The van der Waals surface area contributed by atoms with Gasteiger partial charge in [-0.3, -0.25) is 9.59 Å². The lowest BCUT2D eigenvalue weighted by atomic mass is 9.98. The molecule has 1 aromatic carbocycles. The molecule has 2 amide bonds. The van der Waals surface area contributed by atoms with E-state index in [1.54, 1.807) is 4.90 Å². The molecule has 190 valence electrons. The number of likely N-dealkylation sites (N-methyl/N-ethyl adjacent to an activating group) is 1. The van der Waals surface area contributed by atoms with Crippen molar-refractivity contribution in [1.82, 2.24) is 14.7 Å². The van der Waals surface area contributed by atoms with Gasteiger partial charge >= 0.3 is 0 Å². The molecule has 2 aliphatic rings. The molecule has 0 radical (unpaired) electrons. The maximum atomic E-state index is 12.8. The molecule has 4 heterocycles. The summed E-state index contributed by atoms with van der Waals surface area (Å²) in [5.41, 5.74) is 9.45. The van der Waals surface area contributed by atoms with Crippen molar-refractivity contribution in [2.75, 3.05) is 36.1 Å². The lowest BCUT2D eigenvalue weighted by molar-refractivity contribution is 0.0780. The predicted octanol–water partition coefficient (Wildman–Crippen LogP) is 4.95. The van der Waals surface area contributed by atoms with Gasteiger partial charge in [0.15, 0.2) is 5.82 Å². The second kappa shape index (κ2) is 11.1. The zero-order valence-corrected chi connectivity index (χ0v) is 22.9. The van der Waals surface area contributed by atoms with Crippen molar-refractivity contribution in [3.63, 3.8) is 0 Å². The molecule has 3 N–H and O–H groups in total. The molecule has 2 aliphatic heterocycles. The lowest BCUT2D eigenvalue weighted by Gasteiger charge is -2.26. The van der Waals surface area contributed by atoms with Crippen molar-refractivity contribution in [2.24, 2.45) is 0 Å². The normalized spacial score (nSPS) is 14.0. The quantitative estimate of drug-likeness (QED) is 0.472. The van der Waals surface area contributed by atoms with Gasteiger partial charge in [-0.2, -0.15) is 5.10 Å². The maximum absolute atomic E-state index is 12.8. The fraction of sp³-hybridized carbons (Fsp3) is 0.348. The Balaban J connectivity index is 0.00000144. The number of hydrogen-bond acceptors (Lipinski definition) is 6. The average Bonchev–Trinajstić information content (AvgIpc) is 3.44. The number of carbonyl (C=O) groups is 2. The summed E-state index contributed by atoms with van der Waals surface area (Å²) in [7, 11) is 1.83. The Bertz CT molecular complexity index is 1240. The number of nitrogens with zero attached hydrogens (tertiary/aromatic N) is 4. The first-order chi connectivity index (χ1) is 15.3. The number of hydrogen-bond donors (Lipinski definition) is 2. The summed E-state index contributed by atoms with van der Waals surface area (Å²) in [6, 6.07) is 9.74. The SMILES string of the molecule is CC(C)c1cc(C(=O)Nc2cc3n(n2)CCN3c2ccc3c(c2)CCN(C)C3=O)c(N)s1.Cl.Cl.Cl. The van der Waals surface area contributed by atoms with Crippen LogP contribution in [0.25, 0.3) is 0 Å². The number of carbonyl (C=O) groups excluding carboxylic acids is 2. The summed E-state index contributed by atoms with van der Waals surface area (Å²) >= 11 is 1.45. The topological polar surface area (TPSA) is 96.5 Å². The van der Waals surface area contributed by atoms with Crippen LogP contribution in [-0.4, -0.2) is 46.6 Å². The lowest BCUT2D eigenvalue weighted by Crippen LogP contribution is -2.34. The monoisotopic (exact) mass is 558 g/mol. The Morgan fingerprint density at radius 2 is 1.86 bits per heavy atom. The summed E-state index contributed by atoms with van der Waals surface area (Å²) in [6.45, 7) is 6.40. The number of benzene rings is 1.